The number of hydrogen-bond acceptors (Lipinski definition) is 3. The van der Waals surface area contributed by atoms with Gasteiger partial charge in [-0.2, -0.15) is 0 Å². The van der Waals surface area contributed by atoms with Crippen LogP contribution in [0.15, 0.2) is 16.8 Å². The van der Waals surface area contributed by atoms with Gasteiger partial charge in [-0.1, -0.05) is 0 Å². The number of nitrogens with two attached hydrogens (primary N) is 1. The number of carbonyl (C=O) groups excluding carboxylic acids is 1. The number of aliphatic imine (C=N–C) groups is 1. The van der Waals surface area contributed by atoms with Gasteiger partial charge < -0.3 is 11.1 Å². The van der Waals surface area contributed by atoms with Crippen LogP contribution in [-0.2, 0) is 4.79 Å². The van der Waals surface area contributed by atoms with Crippen molar-refractivity contribution in [2.75, 3.05) is 13.1 Å². The highest BCUT2D eigenvalue weighted by Gasteiger charge is 2.03. The first-order valence-electron chi connectivity index (χ1n) is 3.04. The molecule has 10 heavy (non-hydrogen) atoms. The van der Waals surface area contributed by atoms with Gasteiger partial charge in [-0.05, 0) is 6.08 Å². The van der Waals surface area contributed by atoms with Crippen LogP contribution in [0.2, 0.25) is 0 Å². The zero-order chi connectivity index (χ0) is 7.40. The minimum atomic E-state index is -0.217. The van der Waals surface area contributed by atoms with Gasteiger partial charge in [-0.25, -0.2) is 0 Å². The molecule has 0 aromatic heterocycles. The Bertz CT molecular complexity index is 195. The zero-order valence-electron chi connectivity index (χ0n) is 5.50. The molecule has 1 amide bonds. The lowest BCUT2D eigenvalue weighted by Gasteiger charge is -2.04. The van der Waals surface area contributed by atoms with Gasteiger partial charge in [0.25, 0.3) is 5.91 Å². The van der Waals surface area contributed by atoms with Crippen molar-refractivity contribution in [2.45, 2.75) is 0 Å². The molecule has 4 nitrogen and oxygen atoms in total. The van der Waals surface area contributed by atoms with Crippen molar-refractivity contribution in [1.82, 2.24) is 5.32 Å². The predicted molar refractivity (Wildman–Crippen MR) is 38.6 cm³/mol. The maximum absolute atomic E-state index is 10.8. The Kier molecular flexibility index (Phi) is 2.04. The monoisotopic (exact) mass is 139 g/mol. The summed E-state index contributed by atoms with van der Waals surface area (Å²) < 4.78 is 0. The van der Waals surface area contributed by atoms with Crippen molar-refractivity contribution < 1.29 is 4.79 Å². The van der Waals surface area contributed by atoms with Gasteiger partial charge >= 0.3 is 0 Å². The van der Waals surface area contributed by atoms with Crippen LogP contribution < -0.4 is 11.1 Å². The van der Waals surface area contributed by atoms with E-state index >= 15 is 0 Å². The van der Waals surface area contributed by atoms with Crippen LogP contribution in [-0.4, -0.2) is 25.2 Å². The summed E-state index contributed by atoms with van der Waals surface area (Å²) in [5.74, 6) is -0.217. The van der Waals surface area contributed by atoms with Crippen LogP contribution in [0, 0.1) is 0 Å². The van der Waals surface area contributed by atoms with Crippen molar-refractivity contribution in [3.05, 3.63) is 11.8 Å². The molecule has 3 N–H and O–H groups in total. The fraction of sp³-hybridized carbons (Fsp3) is 0.333. The largest absolute Gasteiger partial charge is 0.394 e. The number of amides is 1. The second-order valence-electron chi connectivity index (χ2n) is 1.93. The molecule has 0 aliphatic carbocycles. The van der Waals surface area contributed by atoms with E-state index in [-0.39, 0.29) is 11.6 Å². The minimum absolute atomic E-state index is 0.212. The Hall–Kier alpha value is -1.32. The molecular weight excluding hydrogens is 130 g/mol. The van der Waals surface area contributed by atoms with E-state index < -0.39 is 0 Å². The maximum atomic E-state index is 10.8. The van der Waals surface area contributed by atoms with Gasteiger partial charge in [0.1, 0.15) is 0 Å². The molecule has 0 fully saturated rings. The Balaban J connectivity index is 2.71. The topological polar surface area (TPSA) is 67.5 Å². The summed E-state index contributed by atoms with van der Waals surface area (Å²) in [6.07, 6.45) is 3.04. The SMILES string of the molecule is NC1=CC=NCCNC1=O. The molecule has 4 heteroatoms. The van der Waals surface area contributed by atoms with E-state index in [9.17, 15) is 4.79 Å². The molecule has 0 bridgehead atoms. The number of rotatable bonds is 0. The lowest BCUT2D eigenvalue weighted by molar-refractivity contribution is -0.117. The smallest absolute Gasteiger partial charge is 0.267 e. The summed E-state index contributed by atoms with van der Waals surface area (Å²) in [5.41, 5.74) is 5.52. The van der Waals surface area contributed by atoms with Crippen LogP contribution in [0.4, 0.5) is 0 Å². The normalized spacial score (nSPS) is 18.8. The number of hydrogen-bond donors (Lipinski definition) is 2. The van der Waals surface area contributed by atoms with Crippen LogP contribution in [0.25, 0.3) is 0 Å². The van der Waals surface area contributed by atoms with Crippen molar-refractivity contribution >= 4 is 12.1 Å². The highest BCUT2D eigenvalue weighted by Crippen LogP contribution is 1.84. The van der Waals surface area contributed by atoms with Gasteiger partial charge in [0.2, 0.25) is 0 Å². The van der Waals surface area contributed by atoms with Gasteiger partial charge in [0.05, 0.1) is 12.2 Å². The van der Waals surface area contributed by atoms with Gasteiger partial charge in [-0.3, -0.25) is 9.79 Å². The summed E-state index contributed by atoms with van der Waals surface area (Å²) in [6.45, 7) is 1.18. The molecule has 1 rings (SSSR count). The van der Waals surface area contributed by atoms with Crippen LogP contribution in [0.1, 0.15) is 0 Å². The molecule has 1 aliphatic rings. The van der Waals surface area contributed by atoms with E-state index in [4.69, 9.17) is 5.73 Å². The minimum Gasteiger partial charge on any atom is -0.394 e. The Morgan fingerprint density at radius 3 is 3.30 bits per heavy atom. The average Bonchev–Trinajstić information content (AvgIpc) is 1.92. The van der Waals surface area contributed by atoms with Gasteiger partial charge in [0, 0.05) is 12.8 Å². The molecule has 0 saturated carbocycles. The quantitative estimate of drug-likeness (QED) is 0.453. The van der Waals surface area contributed by atoms with Crippen LogP contribution in [0.5, 0.6) is 0 Å². The second kappa shape index (κ2) is 3.00. The lowest BCUT2D eigenvalue weighted by atomic mass is 10.3. The summed E-state index contributed by atoms with van der Waals surface area (Å²) in [4.78, 5) is 14.7. The highest BCUT2D eigenvalue weighted by atomic mass is 16.1. The summed E-state index contributed by atoms with van der Waals surface area (Å²) in [6, 6.07) is 0. The number of allylic oxidation sites excluding steroid dienone is 1. The van der Waals surface area contributed by atoms with Crippen molar-refractivity contribution in [1.29, 1.82) is 0 Å². The fourth-order valence-corrected chi connectivity index (χ4v) is 0.619. The molecule has 0 atom stereocenters. The summed E-state index contributed by atoms with van der Waals surface area (Å²) in [7, 11) is 0. The molecule has 0 radical (unpaired) electrons. The Morgan fingerprint density at radius 2 is 2.50 bits per heavy atom. The summed E-state index contributed by atoms with van der Waals surface area (Å²) in [5, 5.41) is 2.59. The van der Waals surface area contributed by atoms with E-state index in [1.807, 2.05) is 0 Å². The number of carbonyl (C=O) groups is 1. The molecule has 1 aliphatic heterocycles. The third-order valence-electron chi connectivity index (χ3n) is 1.15. The van der Waals surface area contributed by atoms with E-state index in [1.54, 1.807) is 6.21 Å². The molecule has 0 saturated heterocycles. The molecule has 0 aromatic carbocycles. The summed E-state index contributed by atoms with van der Waals surface area (Å²) >= 11 is 0. The number of nitrogens with zero attached hydrogens (tertiary/aromatic N) is 1. The first kappa shape index (κ1) is 6.80. The molecule has 54 valence electrons. The van der Waals surface area contributed by atoms with Crippen molar-refractivity contribution in [3.63, 3.8) is 0 Å². The van der Waals surface area contributed by atoms with Crippen molar-refractivity contribution in [2.24, 2.45) is 10.7 Å². The molecule has 0 unspecified atom stereocenters. The molecule has 1 heterocycles. The fourth-order valence-electron chi connectivity index (χ4n) is 0.619. The maximum Gasteiger partial charge on any atom is 0.267 e. The van der Waals surface area contributed by atoms with E-state index in [1.165, 1.54) is 6.08 Å². The lowest BCUT2D eigenvalue weighted by Crippen LogP contribution is -2.31. The first-order valence-corrected chi connectivity index (χ1v) is 3.04. The standard InChI is InChI=1S/C6H9N3O/c7-5-1-2-8-3-4-9-6(5)10/h1-2H,3-4,7H2,(H,9,10). The van der Waals surface area contributed by atoms with Gasteiger partial charge in [0.15, 0.2) is 0 Å². The third kappa shape index (κ3) is 1.58. The van der Waals surface area contributed by atoms with Crippen LogP contribution in [0.3, 0.4) is 0 Å². The van der Waals surface area contributed by atoms with Crippen LogP contribution >= 0.6 is 0 Å². The molecular formula is C6H9N3O. The first-order chi connectivity index (χ1) is 4.80. The van der Waals surface area contributed by atoms with E-state index in [2.05, 4.69) is 10.3 Å². The van der Waals surface area contributed by atoms with Crippen molar-refractivity contribution in [3.8, 4) is 0 Å². The zero-order valence-corrected chi connectivity index (χ0v) is 5.50. The Labute approximate surface area is 58.8 Å². The van der Waals surface area contributed by atoms with Gasteiger partial charge in [-0.15, -0.1) is 0 Å². The van der Waals surface area contributed by atoms with E-state index in [0.29, 0.717) is 13.1 Å². The number of nitrogens with one attached hydrogen (secondary N) is 1. The highest BCUT2D eigenvalue weighted by molar-refractivity contribution is 5.96. The molecule has 0 spiro atoms. The Morgan fingerprint density at radius 1 is 1.70 bits per heavy atom. The second-order valence-corrected chi connectivity index (χ2v) is 1.93. The van der Waals surface area contributed by atoms with E-state index in [0.717, 1.165) is 0 Å². The molecule has 0 aromatic rings. The third-order valence-corrected chi connectivity index (χ3v) is 1.15. The average molecular weight is 139 g/mol. The predicted octanol–water partition coefficient (Wildman–Crippen LogP) is -0.970.